The molecule has 2 heterocycles. The Kier molecular flexibility index (Phi) is 3.24. The van der Waals surface area contributed by atoms with E-state index < -0.39 is 0 Å². The second-order valence-electron chi connectivity index (χ2n) is 4.19. The number of allylic oxidation sites excluding steroid dienone is 2. The van der Waals surface area contributed by atoms with Gasteiger partial charge < -0.3 is 4.42 Å². The molecule has 0 saturated heterocycles. The first-order valence-corrected chi connectivity index (χ1v) is 6.15. The van der Waals surface area contributed by atoms with Gasteiger partial charge >= 0.3 is 0 Å². The van der Waals surface area contributed by atoms with Gasteiger partial charge in [0.2, 0.25) is 0 Å². The molecule has 0 atom stereocenters. The summed E-state index contributed by atoms with van der Waals surface area (Å²) < 4.78 is 5.37. The van der Waals surface area contributed by atoms with Gasteiger partial charge in [0.05, 0.1) is 12.0 Å². The molecule has 0 aliphatic rings. The molecular weight excluding hydrogens is 234 g/mol. The van der Waals surface area contributed by atoms with E-state index in [2.05, 4.69) is 17.1 Å². The average Bonchev–Trinajstić information content (AvgIpc) is 2.92. The molecule has 0 spiro atoms. The van der Waals surface area contributed by atoms with Gasteiger partial charge in [-0.15, -0.1) is 0 Å². The smallest absolute Gasteiger partial charge is 0.134 e. The number of aromatic nitrogens is 1. The molecule has 0 aliphatic carbocycles. The predicted molar refractivity (Wildman–Crippen MR) is 78.5 cm³/mol. The van der Waals surface area contributed by atoms with E-state index in [4.69, 9.17) is 4.42 Å². The SMILES string of the molecule is C(/C=C/c1ccccn1)=C\c1ccc2ccoc2c1. The number of hydrogen-bond donors (Lipinski definition) is 0. The highest BCUT2D eigenvalue weighted by Gasteiger charge is 1.95. The second-order valence-corrected chi connectivity index (χ2v) is 4.19. The van der Waals surface area contributed by atoms with Gasteiger partial charge in [0.1, 0.15) is 5.58 Å². The molecule has 0 unspecified atom stereocenters. The molecule has 0 bridgehead atoms. The van der Waals surface area contributed by atoms with Crippen molar-refractivity contribution in [3.05, 3.63) is 78.3 Å². The molecule has 3 aromatic rings. The summed E-state index contributed by atoms with van der Waals surface area (Å²) in [5, 5.41) is 1.13. The van der Waals surface area contributed by atoms with E-state index in [0.717, 1.165) is 22.2 Å². The van der Waals surface area contributed by atoms with Crippen LogP contribution >= 0.6 is 0 Å². The number of fused-ring (bicyclic) bond motifs is 1. The van der Waals surface area contributed by atoms with Gasteiger partial charge in [-0.1, -0.05) is 36.4 Å². The molecular formula is C17H13NO. The van der Waals surface area contributed by atoms with E-state index in [1.807, 2.05) is 54.6 Å². The van der Waals surface area contributed by atoms with Crippen molar-refractivity contribution in [3.63, 3.8) is 0 Å². The summed E-state index contributed by atoms with van der Waals surface area (Å²) >= 11 is 0. The topological polar surface area (TPSA) is 26.0 Å². The van der Waals surface area contributed by atoms with E-state index in [1.165, 1.54) is 0 Å². The first-order chi connectivity index (χ1) is 9.42. The number of nitrogens with zero attached hydrogens (tertiary/aromatic N) is 1. The molecule has 0 N–H and O–H groups in total. The molecule has 0 saturated carbocycles. The van der Waals surface area contributed by atoms with Crippen LogP contribution in [-0.4, -0.2) is 4.98 Å². The standard InChI is InChI=1S/C17H13NO/c1(2-6-16-7-3-4-11-18-16)5-14-8-9-15-10-12-19-17(15)13-14/h1-13H/b5-1+,6-2+. The molecule has 1 aromatic carbocycles. The summed E-state index contributed by atoms with van der Waals surface area (Å²) in [5.41, 5.74) is 2.98. The molecule has 19 heavy (non-hydrogen) atoms. The Balaban J connectivity index is 1.73. The number of benzene rings is 1. The molecule has 2 nitrogen and oxygen atoms in total. The average molecular weight is 247 g/mol. The number of pyridine rings is 1. The Labute approximate surface area is 111 Å². The van der Waals surface area contributed by atoms with Crippen LogP contribution in [0.4, 0.5) is 0 Å². The number of hydrogen-bond acceptors (Lipinski definition) is 2. The summed E-state index contributed by atoms with van der Waals surface area (Å²) in [6, 6.07) is 14.0. The van der Waals surface area contributed by atoms with Crippen molar-refractivity contribution in [1.82, 2.24) is 4.98 Å². The second kappa shape index (κ2) is 5.36. The minimum absolute atomic E-state index is 0.913. The van der Waals surface area contributed by atoms with Crippen molar-refractivity contribution in [2.75, 3.05) is 0 Å². The van der Waals surface area contributed by atoms with E-state index in [-0.39, 0.29) is 0 Å². The first-order valence-electron chi connectivity index (χ1n) is 6.15. The molecule has 0 amide bonds. The summed E-state index contributed by atoms with van der Waals surface area (Å²) in [4.78, 5) is 4.22. The lowest BCUT2D eigenvalue weighted by Crippen LogP contribution is -1.75. The van der Waals surface area contributed by atoms with Gasteiger partial charge in [0.25, 0.3) is 0 Å². The van der Waals surface area contributed by atoms with E-state index in [9.17, 15) is 0 Å². The molecule has 92 valence electrons. The van der Waals surface area contributed by atoms with Crippen molar-refractivity contribution < 1.29 is 4.42 Å². The normalized spacial score (nSPS) is 11.8. The van der Waals surface area contributed by atoms with Crippen molar-refractivity contribution in [2.45, 2.75) is 0 Å². The fraction of sp³-hybridized carbons (Fsp3) is 0. The van der Waals surface area contributed by atoms with Gasteiger partial charge in [-0.2, -0.15) is 0 Å². The van der Waals surface area contributed by atoms with Gasteiger partial charge in [0.15, 0.2) is 0 Å². The monoisotopic (exact) mass is 247 g/mol. The fourth-order valence-electron chi connectivity index (χ4n) is 1.87. The lowest BCUT2D eigenvalue weighted by Gasteiger charge is -1.92. The maximum atomic E-state index is 5.37. The molecule has 0 aliphatic heterocycles. The van der Waals surface area contributed by atoms with Crippen LogP contribution in [0.5, 0.6) is 0 Å². The highest BCUT2D eigenvalue weighted by Crippen LogP contribution is 2.17. The van der Waals surface area contributed by atoms with Crippen molar-refractivity contribution in [1.29, 1.82) is 0 Å². The summed E-state index contributed by atoms with van der Waals surface area (Å²) in [6.07, 6.45) is 11.5. The maximum Gasteiger partial charge on any atom is 0.134 e. The number of rotatable bonds is 3. The van der Waals surface area contributed by atoms with Gasteiger partial charge in [-0.25, -0.2) is 0 Å². The first kappa shape index (κ1) is 11.5. The Morgan fingerprint density at radius 1 is 0.947 bits per heavy atom. The highest BCUT2D eigenvalue weighted by atomic mass is 16.3. The van der Waals surface area contributed by atoms with E-state index in [0.29, 0.717) is 0 Å². The minimum atomic E-state index is 0.913. The Bertz CT molecular complexity index is 723. The lowest BCUT2D eigenvalue weighted by atomic mass is 10.1. The summed E-state index contributed by atoms with van der Waals surface area (Å²) in [5.74, 6) is 0. The largest absolute Gasteiger partial charge is 0.464 e. The lowest BCUT2D eigenvalue weighted by molar-refractivity contribution is 0.616. The zero-order chi connectivity index (χ0) is 12.9. The zero-order valence-corrected chi connectivity index (χ0v) is 10.4. The zero-order valence-electron chi connectivity index (χ0n) is 10.4. The third kappa shape index (κ3) is 2.80. The fourth-order valence-corrected chi connectivity index (χ4v) is 1.87. The van der Waals surface area contributed by atoms with Crippen LogP contribution in [0.1, 0.15) is 11.3 Å². The summed E-state index contributed by atoms with van der Waals surface area (Å²) in [7, 11) is 0. The van der Waals surface area contributed by atoms with Gasteiger partial charge in [-0.3, -0.25) is 4.98 Å². The number of furan rings is 1. The van der Waals surface area contributed by atoms with Crippen LogP contribution in [0.25, 0.3) is 23.1 Å². The van der Waals surface area contributed by atoms with Gasteiger partial charge in [-0.05, 0) is 35.9 Å². The van der Waals surface area contributed by atoms with E-state index in [1.54, 1.807) is 12.5 Å². The van der Waals surface area contributed by atoms with Crippen LogP contribution in [-0.2, 0) is 0 Å². The quantitative estimate of drug-likeness (QED) is 0.634. The molecule has 2 heteroatoms. The van der Waals surface area contributed by atoms with Crippen molar-refractivity contribution in [2.24, 2.45) is 0 Å². The van der Waals surface area contributed by atoms with Crippen LogP contribution in [0, 0.1) is 0 Å². The maximum absolute atomic E-state index is 5.37. The minimum Gasteiger partial charge on any atom is -0.464 e. The molecule has 0 fully saturated rings. The predicted octanol–water partition coefficient (Wildman–Crippen LogP) is 4.55. The van der Waals surface area contributed by atoms with Crippen molar-refractivity contribution in [3.8, 4) is 0 Å². The Morgan fingerprint density at radius 2 is 1.89 bits per heavy atom. The Hall–Kier alpha value is -2.61. The van der Waals surface area contributed by atoms with E-state index >= 15 is 0 Å². The highest BCUT2D eigenvalue weighted by molar-refractivity contribution is 5.79. The molecule has 3 rings (SSSR count). The van der Waals surface area contributed by atoms with Crippen LogP contribution in [0.15, 0.2) is 71.5 Å². The third-order valence-corrected chi connectivity index (χ3v) is 2.83. The van der Waals surface area contributed by atoms with Gasteiger partial charge in [0, 0.05) is 11.6 Å². The Morgan fingerprint density at radius 3 is 2.79 bits per heavy atom. The van der Waals surface area contributed by atoms with Crippen LogP contribution in [0.3, 0.4) is 0 Å². The van der Waals surface area contributed by atoms with Crippen molar-refractivity contribution >= 4 is 23.1 Å². The van der Waals surface area contributed by atoms with Crippen LogP contribution < -0.4 is 0 Å². The van der Waals surface area contributed by atoms with Crippen LogP contribution in [0.2, 0.25) is 0 Å². The molecule has 0 radical (unpaired) electrons. The third-order valence-electron chi connectivity index (χ3n) is 2.83. The summed E-state index contributed by atoms with van der Waals surface area (Å²) in [6.45, 7) is 0. The molecule has 2 aromatic heterocycles.